The third-order valence-electron chi connectivity index (χ3n) is 16.7. The Labute approximate surface area is 387 Å². The SMILES string of the molecule is CCCCCCCCN(CCCCCCCC)C(=O)CC[C@@H](C)[C@H]1CC[C@H]2[C@@H]3[C@H](OC(C)=O)C[C@@H]4C[C@H](OC(=O)c5ccc(C(=O)C(F)(F)F)cc5)CC[C@]4(C)[C@H]3C[C@H](OC(C)=O)[C@]12C. The van der Waals surface area contributed by atoms with Crippen LogP contribution in [0.2, 0.25) is 0 Å². The normalized spacial score (nSPS) is 30.0. The lowest BCUT2D eigenvalue weighted by molar-refractivity contribution is -0.223. The zero-order valence-electron chi connectivity index (χ0n) is 40.6. The fourth-order valence-electron chi connectivity index (χ4n) is 13.3. The largest absolute Gasteiger partial charge is 0.462 e. The molecule has 0 unspecified atom stereocenters. The molecule has 11 atom stereocenters. The summed E-state index contributed by atoms with van der Waals surface area (Å²) in [6.45, 7) is 15.9. The molecule has 5 rings (SSSR count). The van der Waals surface area contributed by atoms with Gasteiger partial charge in [-0.3, -0.25) is 19.2 Å². The van der Waals surface area contributed by atoms with Crippen LogP contribution >= 0.6 is 0 Å². The number of halogens is 3. The molecule has 1 amide bonds. The van der Waals surface area contributed by atoms with E-state index in [4.69, 9.17) is 14.2 Å². The molecule has 0 spiro atoms. The highest BCUT2D eigenvalue weighted by molar-refractivity contribution is 6.01. The number of hydrogen-bond donors (Lipinski definition) is 0. The summed E-state index contributed by atoms with van der Waals surface area (Å²) in [7, 11) is 0. The second kappa shape index (κ2) is 23.5. The van der Waals surface area contributed by atoms with Gasteiger partial charge in [-0.2, -0.15) is 13.2 Å². The molecule has 12 heteroatoms. The minimum atomic E-state index is -5.02. The van der Waals surface area contributed by atoms with Crippen LogP contribution in [0.25, 0.3) is 0 Å². The van der Waals surface area contributed by atoms with E-state index in [2.05, 4.69) is 39.5 Å². The molecule has 0 saturated heterocycles. The van der Waals surface area contributed by atoms with Crippen LogP contribution in [-0.4, -0.2) is 72.1 Å². The summed E-state index contributed by atoms with van der Waals surface area (Å²) in [6, 6.07) is 4.34. The number of fused-ring (bicyclic) bond motifs is 5. The number of nitrogens with zero attached hydrogens (tertiary/aromatic N) is 1. The van der Waals surface area contributed by atoms with Crippen molar-refractivity contribution < 1.29 is 51.4 Å². The number of Topliss-reactive ketones (excluding diaryl/α,β-unsaturated/α-hetero) is 1. The molecule has 0 heterocycles. The van der Waals surface area contributed by atoms with Crippen LogP contribution < -0.4 is 0 Å². The molecule has 0 bridgehead atoms. The van der Waals surface area contributed by atoms with Gasteiger partial charge in [0.1, 0.15) is 18.3 Å². The number of ketones is 1. The van der Waals surface area contributed by atoms with Crippen molar-refractivity contribution in [2.75, 3.05) is 13.1 Å². The highest BCUT2D eigenvalue weighted by Crippen LogP contribution is 2.69. The number of rotatable bonds is 23. The summed E-state index contributed by atoms with van der Waals surface area (Å²) >= 11 is 0. The zero-order valence-corrected chi connectivity index (χ0v) is 40.6. The number of benzene rings is 1. The van der Waals surface area contributed by atoms with E-state index in [0.29, 0.717) is 32.1 Å². The van der Waals surface area contributed by atoms with E-state index in [9.17, 15) is 37.1 Å². The number of ether oxygens (including phenoxy) is 3. The highest BCUT2D eigenvalue weighted by atomic mass is 19.4. The van der Waals surface area contributed by atoms with Gasteiger partial charge in [0.25, 0.3) is 5.78 Å². The summed E-state index contributed by atoms with van der Waals surface area (Å²) < 4.78 is 57.5. The minimum absolute atomic E-state index is 0.0199. The van der Waals surface area contributed by atoms with E-state index in [1.165, 1.54) is 77.3 Å². The standard InChI is InChI=1S/C53H80F3NO8/c1-8-10-12-14-16-18-30-57(31-19-17-15-13-11-9-2)47(60)27-20-35(3)42-25-26-43-48-44(34-46(52(42,43)7)64-37(5)59)51(6)29-28-41(32-40(51)33-45(48)63-36(4)58)65-50(62)39-23-21-38(22-24-39)49(61)53(54,55)56/h21-24,35,40-46,48H,8-20,25-34H2,1-7H3/t35-,40+,41-,42-,43+,44+,45-,46+,48+,51+,52-/m1/s1. The first-order valence-electron chi connectivity index (χ1n) is 25.4. The molecule has 4 saturated carbocycles. The fourth-order valence-corrected chi connectivity index (χ4v) is 13.3. The van der Waals surface area contributed by atoms with Crippen LogP contribution in [0.5, 0.6) is 0 Å². The van der Waals surface area contributed by atoms with Crippen molar-refractivity contribution in [3.05, 3.63) is 35.4 Å². The minimum Gasteiger partial charge on any atom is -0.462 e. The monoisotopic (exact) mass is 916 g/mol. The number of unbranched alkanes of at least 4 members (excludes halogenated alkanes) is 10. The Morgan fingerprint density at radius 2 is 1.29 bits per heavy atom. The topological polar surface area (TPSA) is 116 Å². The summed E-state index contributed by atoms with van der Waals surface area (Å²) in [5.74, 6) is -2.41. The molecule has 1 aromatic carbocycles. The van der Waals surface area contributed by atoms with E-state index >= 15 is 0 Å². The van der Waals surface area contributed by atoms with Gasteiger partial charge in [0.15, 0.2) is 0 Å². The van der Waals surface area contributed by atoms with Crippen molar-refractivity contribution >= 4 is 29.6 Å². The second-order valence-electron chi connectivity index (χ2n) is 20.9. The van der Waals surface area contributed by atoms with Gasteiger partial charge >= 0.3 is 24.1 Å². The Bertz CT molecular complexity index is 1730. The zero-order chi connectivity index (χ0) is 47.5. The third kappa shape index (κ3) is 13.0. The smallest absolute Gasteiger partial charge is 0.454 e. The van der Waals surface area contributed by atoms with Gasteiger partial charge in [-0.05, 0) is 111 Å². The fraction of sp³-hybridized carbons (Fsp3) is 0.792. The van der Waals surface area contributed by atoms with Crippen LogP contribution in [0, 0.1) is 46.3 Å². The second-order valence-corrected chi connectivity index (χ2v) is 20.9. The van der Waals surface area contributed by atoms with Gasteiger partial charge in [0, 0.05) is 50.3 Å². The number of esters is 3. The van der Waals surface area contributed by atoms with Crippen molar-refractivity contribution in [3.63, 3.8) is 0 Å². The molecule has 0 radical (unpaired) electrons. The van der Waals surface area contributed by atoms with Gasteiger partial charge in [0.2, 0.25) is 5.91 Å². The predicted octanol–water partition coefficient (Wildman–Crippen LogP) is 12.7. The van der Waals surface area contributed by atoms with E-state index in [-0.39, 0.29) is 82.0 Å². The number of amides is 1. The Hall–Kier alpha value is -3.44. The van der Waals surface area contributed by atoms with E-state index in [1.54, 1.807) is 0 Å². The highest BCUT2D eigenvalue weighted by Gasteiger charge is 2.67. The Morgan fingerprint density at radius 3 is 1.86 bits per heavy atom. The van der Waals surface area contributed by atoms with Crippen molar-refractivity contribution in [1.82, 2.24) is 4.90 Å². The third-order valence-corrected chi connectivity index (χ3v) is 16.7. The average molecular weight is 916 g/mol. The quantitative estimate of drug-likeness (QED) is 0.0461. The lowest BCUT2D eigenvalue weighted by Gasteiger charge is -2.64. The van der Waals surface area contributed by atoms with Crippen LogP contribution in [0.1, 0.15) is 204 Å². The van der Waals surface area contributed by atoms with E-state index < -0.39 is 29.6 Å². The van der Waals surface area contributed by atoms with Gasteiger partial charge in [-0.15, -0.1) is 0 Å². The van der Waals surface area contributed by atoms with Crippen molar-refractivity contribution in [1.29, 1.82) is 0 Å². The summed E-state index contributed by atoms with van der Waals surface area (Å²) in [5.41, 5.74) is -1.11. The van der Waals surface area contributed by atoms with Gasteiger partial charge in [-0.1, -0.05) is 111 Å². The van der Waals surface area contributed by atoms with Crippen molar-refractivity contribution in [2.24, 2.45) is 46.3 Å². The lowest BCUT2D eigenvalue weighted by atomic mass is 9.43. The molecule has 9 nitrogen and oxygen atoms in total. The Kier molecular flexibility index (Phi) is 19.0. The molecule has 0 aliphatic heterocycles. The van der Waals surface area contributed by atoms with Gasteiger partial charge < -0.3 is 19.1 Å². The van der Waals surface area contributed by atoms with Gasteiger partial charge in [0.05, 0.1) is 5.56 Å². The molecule has 4 aliphatic carbocycles. The molecule has 1 aromatic rings. The van der Waals surface area contributed by atoms with E-state index in [0.717, 1.165) is 76.6 Å². The number of carbonyl (C=O) groups excluding carboxylic acids is 5. The Morgan fingerprint density at radius 1 is 0.723 bits per heavy atom. The van der Waals surface area contributed by atoms with Crippen molar-refractivity contribution in [2.45, 2.75) is 208 Å². The van der Waals surface area contributed by atoms with Gasteiger partial charge in [-0.25, -0.2) is 4.79 Å². The molecule has 0 N–H and O–H groups in total. The molecular weight excluding hydrogens is 836 g/mol. The first kappa shape index (κ1) is 52.5. The number of hydrogen-bond acceptors (Lipinski definition) is 8. The first-order chi connectivity index (χ1) is 30.8. The summed E-state index contributed by atoms with van der Waals surface area (Å²) in [4.78, 5) is 66.9. The van der Waals surface area contributed by atoms with Crippen LogP contribution in [0.3, 0.4) is 0 Å². The molecule has 4 aliphatic rings. The van der Waals surface area contributed by atoms with Crippen LogP contribution in [-0.2, 0) is 28.6 Å². The maximum Gasteiger partial charge on any atom is 0.454 e. The predicted molar refractivity (Wildman–Crippen MR) is 245 cm³/mol. The van der Waals surface area contributed by atoms with E-state index in [1.807, 2.05) is 0 Å². The van der Waals surface area contributed by atoms with Crippen molar-refractivity contribution in [3.8, 4) is 0 Å². The first-order valence-corrected chi connectivity index (χ1v) is 25.4. The van der Waals surface area contributed by atoms with Crippen LogP contribution in [0.4, 0.5) is 13.2 Å². The van der Waals surface area contributed by atoms with Crippen LogP contribution in [0.15, 0.2) is 24.3 Å². The summed E-state index contributed by atoms with van der Waals surface area (Å²) in [5, 5.41) is 0. The average Bonchev–Trinajstić information content (AvgIpc) is 3.62. The lowest BCUT2D eigenvalue weighted by Crippen LogP contribution is -2.63. The Balaban J connectivity index is 1.29. The molecule has 366 valence electrons. The number of alkyl halides is 3. The number of carbonyl (C=O) groups is 5. The molecule has 65 heavy (non-hydrogen) atoms. The molecule has 4 fully saturated rings. The summed E-state index contributed by atoms with van der Waals surface area (Å²) in [6.07, 6.45) is 14.2. The maximum absolute atomic E-state index is 14.0. The molecule has 0 aromatic heterocycles. The maximum atomic E-state index is 14.0. The molecular formula is C53H80F3NO8.